The molecule has 5 heteroatoms. The van der Waals surface area contributed by atoms with Gasteiger partial charge in [-0.3, -0.25) is 9.59 Å². The molecule has 5 nitrogen and oxygen atoms in total. The molecule has 1 aliphatic heterocycles. The van der Waals surface area contributed by atoms with E-state index >= 15 is 0 Å². The number of carbonyl (C=O) groups is 2. The summed E-state index contributed by atoms with van der Waals surface area (Å²) in [5, 5.41) is 14.4. The van der Waals surface area contributed by atoms with Gasteiger partial charge in [0.25, 0.3) is 0 Å². The number of hydrogen-bond donors (Lipinski definition) is 3. The van der Waals surface area contributed by atoms with E-state index in [9.17, 15) is 9.59 Å². The van der Waals surface area contributed by atoms with Gasteiger partial charge in [0.15, 0.2) is 0 Å². The Bertz CT molecular complexity index is 477. The monoisotopic (exact) mass is 232 g/mol. The standard InChI is InChI=1S/C12H12N2O3/c15-11-6-10(7-13-11)14-9-3-1-8(2-4-9)5-12(16)17/h1-4,6,14H,5,7H2,(H,13,15)(H,16,17). The van der Waals surface area contributed by atoms with E-state index in [1.165, 1.54) is 6.08 Å². The van der Waals surface area contributed by atoms with Gasteiger partial charge in [-0.05, 0) is 17.7 Å². The normalized spacial score (nSPS) is 14.1. The maximum Gasteiger partial charge on any atom is 0.307 e. The van der Waals surface area contributed by atoms with Crippen molar-refractivity contribution in [2.75, 3.05) is 11.9 Å². The number of aliphatic carboxylic acids is 1. The molecule has 0 radical (unpaired) electrons. The summed E-state index contributed by atoms with van der Waals surface area (Å²) in [6.45, 7) is 0.496. The van der Waals surface area contributed by atoms with Crippen molar-refractivity contribution in [1.29, 1.82) is 0 Å². The SMILES string of the molecule is O=C(O)Cc1ccc(NC2=CC(=O)NC2)cc1. The molecule has 0 saturated heterocycles. The summed E-state index contributed by atoms with van der Waals surface area (Å²) >= 11 is 0. The lowest BCUT2D eigenvalue weighted by molar-refractivity contribution is -0.136. The van der Waals surface area contributed by atoms with Crippen molar-refractivity contribution >= 4 is 17.6 Å². The highest BCUT2D eigenvalue weighted by Crippen LogP contribution is 2.13. The third-order valence-electron chi connectivity index (χ3n) is 2.37. The topological polar surface area (TPSA) is 78.4 Å². The largest absolute Gasteiger partial charge is 0.481 e. The van der Waals surface area contributed by atoms with Gasteiger partial charge < -0.3 is 15.7 Å². The van der Waals surface area contributed by atoms with Crippen LogP contribution in [0.25, 0.3) is 0 Å². The average molecular weight is 232 g/mol. The maximum absolute atomic E-state index is 10.9. The molecular formula is C12H12N2O3. The fourth-order valence-electron chi connectivity index (χ4n) is 1.59. The zero-order valence-electron chi connectivity index (χ0n) is 9.06. The second-order valence-electron chi connectivity index (χ2n) is 3.78. The zero-order chi connectivity index (χ0) is 12.3. The van der Waals surface area contributed by atoms with Gasteiger partial charge in [0, 0.05) is 17.5 Å². The number of carbonyl (C=O) groups excluding carboxylic acids is 1. The molecule has 1 amide bonds. The third kappa shape index (κ3) is 3.07. The number of rotatable bonds is 4. The Labute approximate surface area is 98.1 Å². The van der Waals surface area contributed by atoms with E-state index in [1.54, 1.807) is 24.3 Å². The molecule has 0 unspecified atom stereocenters. The summed E-state index contributed by atoms with van der Waals surface area (Å²) in [6, 6.07) is 7.09. The highest BCUT2D eigenvalue weighted by atomic mass is 16.4. The van der Waals surface area contributed by atoms with Gasteiger partial charge in [-0.15, -0.1) is 0 Å². The molecule has 0 aliphatic carbocycles. The molecule has 1 aromatic rings. The molecule has 1 aliphatic rings. The molecule has 1 aromatic carbocycles. The predicted molar refractivity (Wildman–Crippen MR) is 62.5 cm³/mol. The van der Waals surface area contributed by atoms with Crippen molar-refractivity contribution in [2.45, 2.75) is 6.42 Å². The molecule has 0 fully saturated rings. The van der Waals surface area contributed by atoms with Crippen LogP contribution in [0.5, 0.6) is 0 Å². The summed E-state index contributed by atoms with van der Waals surface area (Å²) in [6.07, 6.45) is 1.52. The Morgan fingerprint density at radius 2 is 2.06 bits per heavy atom. The van der Waals surface area contributed by atoms with Crippen LogP contribution in [0.3, 0.4) is 0 Å². The Hall–Kier alpha value is -2.30. The van der Waals surface area contributed by atoms with Gasteiger partial charge in [0.05, 0.1) is 13.0 Å². The minimum absolute atomic E-state index is 0.0169. The van der Waals surface area contributed by atoms with Gasteiger partial charge in [0.1, 0.15) is 0 Å². The lowest BCUT2D eigenvalue weighted by Crippen LogP contribution is -2.16. The van der Waals surface area contributed by atoms with Crippen molar-refractivity contribution in [3.05, 3.63) is 41.6 Å². The predicted octanol–water partition coefficient (Wildman–Crippen LogP) is 0.739. The van der Waals surface area contributed by atoms with Crippen LogP contribution in [0.15, 0.2) is 36.0 Å². The lowest BCUT2D eigenvalue weighted by atomic mass is 10.1. The van der Waals surface area contributed by atoms with E-state index < -0.39 is 5.97 Å². The summed E-state index contributed by atoms with van der Waals surface area (Å²) < 4.78 is 0. The van der Waals surface area contributed by atoms with Gasteiger partial charge in [-0.1, -0.05) is 12.1 Å². The highest BCUT2D eigenvalue weighted by Gasteiger charge is 2.10. The quantitative estimate of drug-likeness (QED) is 0.715. The number of hydrogen-bond acceptors (Lipinski definition) is 3. The first kappa shape index (κ1) is 11.2. The number of nitrogens with one attached hydrogen (secondary N) is 2. The van der Waals surface area contributed by atoms with Crippen molar-refractivity contribution < 1.29 is 14.7 Å². The number of carboxylic acid groups (broad SMARTS) is 1. The second kappa shape index (κ2) is 4.69. The van der Waals surface area contributed by atoms with Crippen LogP contribution in [0.4, 0.5) is 5.69 Å². The zero-order valence-corrected chi connectivity index (χ0v) is 9.06. The summed E-state index contributed by atoms with van der Waals surface area (Å²) in [7, 11) is 0. The van der Waals surface area contributed by atoms with E-state index in [1.807, 2.05) is 0 Å². The van der Waals surface area contributed by atoms with Crippen LogP contribution < -0.4 is 10.6 Å². The molecule has 0 spiro atoms. The van der Waals surface area contributed by atoms with Crippen molar-refractivity contribution in [3.8, 4) is 0 Å². The van der Waals surface area contributed by atoms with Gasteiger partial charge in [-0.2, -0.15) is 0 Å². The van der Waals surface area contributed by atoms with Crippen LogP contribution >= 0.6 is 0 Å². The molecule has 17 heavy (non-hydrogen) atoms. The van der Waals surface area contributed by atoms with E-state index in [4.69, 9.17) is 5.11 Å². The molecule has 3 N–H and O–H groups in total. The van der Waals surface area contributed by atoms with Crippen molar-refractivity contribution in [1.82, 2.24) is 5.32 Å². The van der Waals surface area contributed by atoms with Crippen LogP contribution in [0.1, 0.15) is 5.56 Å². The van der Waals surface area contributed by atoms with Gasteiger partial charge >= 0.3 is 5.97 Å². The summed E-state index contributed by atoms with van der Waals surface area (Å²) in [4.78, 5) is 21.4. The molecule has 0 bridgehead atoms. The van der Waals surface area contributed by atoms with Gasteiger partial charge in [-0.25, -0.2) is 0 Å². The van der Waals surface area contributed by atoms with E-state index in [-0.39, 0.29) is 12.3 Å². The Morgan fingerprint density at radius 1 is 1.35 bits per heavy atom. The molecule has 1 heterocycles. The van der Waals surface area contributed by atoms with Gasteiger partial charge in [0.2, 0.25) is 5.91 Å². The molecule has 0 atom stereocenters. The maximum atomic E-state index is 10.9. The fourth-order valence-corrected chi connectivity index (χ4v) is 1.59. The van der Waals surface area contributed by atoms with Crippen LogP contribution in [-0.4, -0.2) is 23.5 Å². The second-order valence-corrected chi connectivity index (χ2v) is 3.78. The molecule has 0 saturated carbocycles. The number of anilines is 1. The van der Waals surface area contributed by atoms with E-state index in [0.717, 1.165) is 16.9 Å². The van der Waals surface area contributed by atoms with Crippen molar-refractivity contribution in [3.63, 3.8) is 0 Å². The Balaban J connectivity index is 2.01. The smallest absolute Gasteiger partial charge is 0.307 e. The first-order valence-electron chi connectivity index (χ1n) is 5.19. The molecule has 0 aromatic heterocycles. The van der Waals surface area contributed by atoms with Crippen molar-refractivity contribution in [2.24, 2.45) is 0 Å². The summed E-state index contributed by atoms with van der Waals surface area (Å²) in [5.74, 6) is -0.950. The van der Waals surface area contributed by atoms with Crippen LogP contribution in [0, 0.1) is 0 Å². The average Bonchev–Trinajstić information content (AvgIpc) is 2.66. The highest BCUT2D eigenvalue weighted by molar-refractivity contribution is 5.91. The number of benzene rings is 1. The van der Waals surface area contributed by atoms with E-state index in [2.05, 4.69) is 10.6 Å². The van der Waals surface area contributed by atoms with E-state index in [0.29, 0.717) is 6.54 Å². The Morgan fingerprint density at radius 3 is 2.59 bits per heavy atom. The summed E-state index contributed by atoms with van der Waals surface area (Å²) in [5.41, 5.74) is 2.39. The number of amides is 1. The Kier molecular flexibility index (Phi) is 3.09. The molecular weight excluding hydrogens is 220 g/mol. The number of carboxylic acids is 1. The lowest BCUT2D eigenvalue weighted by Gasteiger charge is -2.06. The minimum Gasteiger partial charge on any atom is -0.481 e. The fraction of sp³-hybridized carbons (Fsp3) is 0.167. The van der Waals surface area contributed by atoms with Crippen LogP contribution in [-0.2, 0) is 16.0 Å². The minimum atomic E-state index is -0.848. The molecule has 88 valence electrons. The molecule has 2 rings (SSSR count). The van der Waals surface area contributed by atoms with Crippen LogP contribution in [0.2, 0.25) is 0 Å². The first-order chi connectivity index (χ1) is 8.13. The third-order valence-corrected chi connectivity index (χ3v) is 2.37. The first-order valence-corrected chi connectivity index (χ1v) is 5.19.